The van der Waals surface area contributed by atoms with E-state index in [4.69, 9.17) is 0 Å². The Morgan fingerprint density at radius 3 is 2.38 bits per heavy atom. The molecule has 1 aromatic heterocycles. The number of carbonyl (C=O) groups excluding carboxylic acids is 1. The zero-order valence-corrected chi connectivity index (χ0v) is 13.1. The van der Waals surface area contributed by atoms with E-state index in [0.717, 1.165) is 0 Å². The fraction of sp³-hybridized carbons (Fsp3) is 0.111. The molecule has 0 N–H and O–H groups in total. The summed E-state index contributed by atoms with van der Waals surface area (Å²) in [5.74, 6) is -0.372. The average Bonchev–Trinajstić information content (AvgIpc) is 2.57. The fourth-order valence-electron chi connectivity index (χ4n) is 2.88. The van der Waals surface area contributed by atoms with Crippen molar-refractivity contribution in [2.75, 3.05) is 0 Å². The average molecular weight is 322 g/mol. The molecule has 1 heterocycles. The van der Waals surface area contributed by atoms with Crippen LogP contribution in [0.4, 0.5) is 5.69 Å². The number of nitrogens with zero attached hydrogens (tertiary/aromatic N) is 2. The minimum atomic E-state index is -0.493. The number of hydrogen-bond acceptors (Lipinski definition) is 4. The first-order valence-electron chi connectivity index (χ1n) is 7.29. The van der Waals surface area contributed by atoms with E-state index in [9.17, 15) is 19.7 Å². The first kappa shape index (κ1) is 15.6. The molecule has 6 heteroatoms. The van der Waals surface area contributed by atoms with Gasteiger partial charge in [-0.2, -0.15) is 0 Å². The molecule has 2 aromatic carbocycles. The smallest absolute Gasteiger partial charge is 0.270 e. The van der Waals surface area contributed by atoms with Crippen molar-refractivity contribution in [2.45, 2.75) is 6.92 Å². The molecule has 3 aromatic rings. The van der Waals surface area contributed by atoms with Crippen LogP contribution in [0.25, 0.3) is 22.0 Å². The van der Waals surface area contributed by atoms with Crippen molar-refractivity contribution in [3.63, 3.8) is 0 Å². The number of pyridine rings is 1. The molecule has 0 aliphatic heterocycles. The number of benzene rings is 2. The van der Waals surface area contributed by atoms with E-state index in [2.05, 4.69) is 0 Å². The van der Waals surface area contributed by atoms with E-state index < -0.39 is 10.5 Å². The van der Waals surface area contributed by atoms with Crippen LogP contribution in [0.1, 0.15) is 17.3 Å². The highest BCUT2D eigenvalue weighted by molar-refractivity contribution is 6.09. The van der Waals surface area contributed by atoms with Crippen molar-refractivity contribution >= 4 is 22.4 Å². The van der Waals surface area contributed by atoms with Gasteiger partial charge in [0.15, 0.2) is 5.78 Å². The summed E-state index contributed by atoms with van der Waals surface area (Å²) in [5, 5.41) is 11.6. The molecule has 0 saturated carbocycles. The molecule has 0 bridgehead atoms. The topological polar surface area (TPSA) is 82.2 Å². The molecule has 3 rings (SSSR count). The molecule has 24 heavy (non-hydrogen) atoms. The first-order chi connectivity index (χ1) is 11.4. The number of carbonyl (C=O) groups is 1. The number of rotatable bonds is 3. The Balaban J connectivity index is 2.57. The Morgan fingerprint density at radius 1 is 1.12 bits per heavy atom. The second kappa shape index (κ2) is 5.73. The fourth-order valence-corrected chi connectivity index (χ4v) is 2.88. The SMILES string of the molecule is CC(=O)c1c(-c2ccccc2)c2cc([N+](=O)[O-])ccc2n(C)c1=O. The number of hydrogen-bond donors (Lipinski definition) is 0. The van der Waals surface area contributed by atoms with Crippen LogP contribution in [0.15, 0.2) is 53.3 Å². The van der Waals surface area contributed by atoms with Gasteiger partial charge in [0.05, 0.1) is 16.0 Å². The highest BCUT2D eigenvalue weighted by atomic mass is 16.6. The van der Waals surface area contributed by atoms with Gasteiger partial charge in [-0.1, -0.05) is 30.3 Å². The second-order valence-electron chi connectivity index (χ2n) is 5.49. The molecule has 0 spiro atoms. The summed E-state index contributed by atoms with van der Waals surface area (Å²) in [6, 6.07) is 13.3. The lowest BCUT2D eigenvalue weighted by Crippen LogP contribution is -2.25. The van der Waals surface area contributed by atoms with Crippen LogP contribution >= 0.6 is 0 Å². The van der Waals surface area contributed by atoms with Crippen molar-refractivity contribution in [1.29, 1.82) is 0 Å². The summed E-state index contributed by atoms with van der Waals surface area (Å²) in [7, 11) is 1.55. The summed E-state index contributed by atoms with van der Waals surface area (Å²) < 4.78 is 1.35. The molecular formula is C18H14N2O4. The van der Waals surface area contributed by atoms with Crippen LogP contribution in [-0.2, 0) is 7.05 Å². The van der Waals surface area contributed by atoms with Gasteiger partial charge in [-0.3, -0.25) is 19.7 Å². The third-order valence-corrected chi connectivity index (χ3v) is 4.00. The van der Waals surface area contributed by atoms with Gasteiger partial charge in [-0.05, 0) is 18.6 Å². The summed E-state index contributed by atoms with van der Waals surface area (Å²) in [6.45, 7) is 1.33. The Labute approximate surface area is 137 Å². The van der Waals surface area contributed by atoms with Gasteiger partial charge in [0.1, 0.15) is 0 Å². The maximum Gasteiger partial charge on any atom is 0.270 e. The standard InChI is InChI=1S/C18H14N2O4/c1-11(21)16-17(12-6-4-3-5-7-12)14-10-13(20(23)24)8-9-15(14)19(2)18(16)22/h3-10H,1-2H3. The highest BCUT2D eigenvalue weighted by Gasteiger charge is 2.21. The second-order valence-corrected chi connectivity index (χ2v) is 5.49. The van der Waals surface area contributed by atoms with E-state index in [1.54, 1.807) is 31.3 Å². The molecule has 0 unspecified atom stereocenters. The lowest BCUT2D eigenvalue weighted by Gasteiger charge is -2.14. The third-order valence-electron chi connectivity index (χ3n) is 4.00. The number of nitro groups is 1. The zero-order valence-electron chi connectivity index (χ0n) is 13.1. The van der Waals surface area contributed by atoms with Crippen LogP contribution in [0.5, 0.6) is 0 Å². The van der Waals surface area contributed by atoms with E-state index in [0.29, 0.717) is 22.0 Å². The molecular weight excluding hydrogens is 308 g/mol. The monoisotopic (exact) mass is 322 g/mol. The number of aromatic nitrogens is 1. The third kappa shape index (κ3) is 2.38. The summed E-state index contributed by atoms with van der Waals surface area (Å²) in [6.07, 6.45) is 0. The number of aryl methyl sites for hydroxylation is 1. The Kier molecular flexibility index (Phi) is 3.73. The molecule has 0 fully saturated rings. The molecule has 0 amide bonds. The predicted molar refractivity (Wildman–Crippen MR) is 91.3 cm³/mol. The van der Waals surface area contributed by atoms with Crippen LogP contribution in [-0.4, -0.2) is 15.3 Å². The quantitative estimate of drug-likeness (QED) is 0.421. The number of non-ortho nitro benzene ring substituents is 1. The number of ketones is 1. The molecule has 0 saturated heterocycles. The molecule has 120 valence electrons. The minimum Gasteiger partial charge on any atom is -0.311 e. The number of Topliss-reactive ketones (excluding diaryl/α,β-unsaturated/α-hetero) is 1. The predicted octanol–water partition coefficient (Wildman–Crippen LogP) is 3.32. The van der Waals surface area contributed by atoms with E-state index in [1.807, 2.05) is 6.07 Å². The Hall–Kier alpha value is -3.28. The van der Waals surface area contributed by atoms with Gasteiger partial charge in [0.25, 0.3) is 11.2 Å². The van der Waals surface area contributed by atoms with Crippen molar-refractivity contribution < 1.29 is 9.72 Å². The van der Waals surface area contributed by atoms with Gasteiger partial charge >= 0.3 is 0 Å². The van der Waals surface area contributed by atoms with Crippen molar-refractivity contribution in [3.05, 3.63) is 74.6 Å². The normalized spacial score (nSPS) is 10.8. The zero-order chi connectivity index (χ0) is 17.4. The number of nitro benzene ring substituents is 1. The van der Waals surface area contributed by atoms with E-state index in [-0.39, 0.29) is 17.0 Å². The molecule has 6 nitrogen and oxygen atoms in total. The van der Waals surface area contributed by atoms with Crippen LogP contribution in [0, 0.1) is 10.1 Å². The van der Waals surface area contributed by atoms with Gasteiger partial charge in [-0.25, -0.2) is 0 Å². The maximum absolute atomic E-state index is 12.6. The summed E-state index contributed by atoms with van der Waals surface area (Å²) in [4.78, 5) is 35.4. The summed E-state index contributed by atoms with van der Waals surface area (Å²) >= 11 is 0. The van der Waals surface area contributed by atoms with Gasteiger partial charge in [-0.15, -0.1) is 0 Å². The summed E-state index contributed by atoms with van der Waals surface area (Å²) in [5.41, 5.74) is 1.18. The molecule has 0 atom stereocenters. The van der Waals surface area contributed by atoms with Crippen LogP contribution < -0.4 is 5.56 Å². The Morgan fingerprint density at radius 2 is 1.79 bits per heavy atom. The molecule has 0 radical (unpaired) electrons. The lowest BCUT2D eigenvalue weighted by atomic mass is 9.94. The minimum absolute atomic E-state index is 0.0386. The largest absolute Gasteiger partial charge is 0.311 e. The van der Waals surface area contributed by atoms with Gasteiger partial charge < -0.3 is 4.57 Å². The number of fused-ring (bicyclic) bond motifs is 1. The maximum atomic E-state index is 12.6. The van der Waals surface area contributed by atoms with Crippen LogP contribution in [0.2, 0.25) is 0 Å². The van der Waals surface area contributed by atoms with Crippen LogP contribution in [0.3, 0.4) is 0 Å². The van der Waals surface area contributed by atoms with Crippen molar-refractivity contribution in [3.8, 4) is 11.1 Å². The first-order valence-corrected chi connectivity index (χ1v) is 7.29. The van der Waals surface area contributed by atoms with Gasteiger partial charge in [0.2, 0.25) is 0 Å². The van der Waals surface area contributed by atoms with Gasteiger partial charge in [0, 0.05) is 30.1 Å². The van der Waals surface area contributed by atoms with E-state index >= 15 is 0 Å². The highest BCUT2D eigenvalue weighted by Crippen LogP contribution is 2.32. The Bertz CT molecular complexity index is 1040. The van der Waals surface area contributed by atoms with Crippen molar-refractivity contribution in [1.82, 2.24) is 4.57 Å². The lowest BCUT2D eigenvalue weighted by molar-refractivity contribution is -0.384. The molecule has 0 aliphatic carbocycles. The van der Waals surface area contributed by atoms with E-state index in [1.165, 1.54) is 29.7 Å². The van der Waals surface area contributed by atoms with Crippen molar-refractivity contribution in [2.24, 2.45) is 7.05 Å². The molecule has 0 aliphatic rings.